The molecule has 0 bridgehead atoms. The minimum Gasteiger partial charge on any atom is -0.496 e. The normalized spacial score (nSPS) is 22.9. The van der Waals surface area contributed by atoms with E-state index in [1.807, 2.05) is 20.8 Å². The van der Waals surface area contributed by atoms with Crippen molar-refractivity contribution in [3.63, 3.8) is 0 Å². The highest BCUT2D eigenvalue weighted by Gasteiger charge is 2.63. The summed E-state index contributed by atoms with van der Waals surface area (Å²) in [5, 5.41) is 0. The maximum Gasteiger partial charge on any atom is 0.243 e. The van der Waals surface area contributed by atoms with Crippen LogP contribution in [0.1, 0.15) is 33.6 Å². The highest BCUT2D eigenvalue weighted by molar-refractivity contribution is 5.88. The molecule has 0 spiro atoms. The van der Waals surface area contributed by atoms with Crippen molar-refractivity contribution in [1.82, 2.24) is 4.90 Å². The molecule has 0 saturated heterocycles. The Morgan fingerprint density at radius 2 is 1.75 bits per heavy atom. The fourth-order valence-corrected chi connectivity index (χ4v) is 3.60. The number of methoxy groups -OCH3 is 2. The zero-order chi connectivity index (χ0) is 20.9. The lowest BCUT2D eigenvalue weighted by Gasteiger charge is -2.58. The van der Waals surface area contributed by atoms with E-state index in [-0.39, 0.29) is 17.4 Å². The van der Waals surface area contributed by atoms with Crippen LogP contribution >= 0.6 is 0 Å². The van der Waals surface area contributed by atoms with Crippen molar-refractivity contribution in [2.75, 3.05) is 41.0 Å². The first-order valence-corrected chi connectivity index (χ1v) is 9.71. The Labute approximate surface area is 168 Å². The van der Waals surface area contributed by atoms with Gasteiger partial charge in [-0.3, -0.25) is 4.79 Å². The molecule has 2 atom stereocenters. The van der Waals surface area contributed by atoms with E-state index in [2.05, 4.69) is 0 Å². The van der Waals surface area contributed by atoms with E-state index in [0.29, 0.717) is 49.8 Å². The number of nitrogens with zero attached hydrogens (tertiary/aromatic N) is 1. The molecule has 0 radical (unpaired) electrons. The molecule has 2 rings (SSSR count). The van der Waals surface area contributed by atoms with E-state index in [9.17, 15) is 4.79 Å². The number of likely N-dealkylation sites (N-methyl/N-ethyl adjacent to an activating group) is 1. The summed E-state index contributed by atoms with van der Waals surface area (Å²) in [5.74, 6) is 1.96. The molecular formula is C21H34N2O5. The Hall–Kier alpha value is -1.99. The summed E-state index contributed by atoms with van der Waals surface area (Å²) in [5.41, 5.74) is 5.20. The number of hydrogen-bond acceptors (Lipinski definition) is 6. The summed E-state index contributed by atoms with van der Waals surface area (Å²) < 4.78 is 22.0. The van der Waals surface area contributed by atoms with E-state index in [1.54, 1.807) is 44.4 Å². The molecule has 0 aromatic heterocycles. The van der Waals surface area contributed by atoms with Gasteiger partial charge in [0.25, 0.3) is 0 Å². The van der Waals surface area contributed by atoms with Crippen LogP contribution in [-0.4, -0.2) is 63.5 Å². The molecule has 2 unspecified atom stereocenters. The van der Waals surface area contributed by atoms with Gasteiger partial charge in [0, 0.05) is 50.2 Å². The second-order valence-electron chi connectivity index (χ2n) is 7.82. The predicted octanol–water partition coefficient (Wildman–Crippen LogP) is 2.46. The zero-order valence-electron chi connectivity index (χ0n) is 17.9. The predicted molar refractivity (Wildman–Crippen MR) is 108 cm³/mol. The number of benzene rings is 1. The quantitative estimate of drug-likeness (QED) is 0.614. The van der Waals surface area contributed by atoms with Gasteiger partial charge in [-0.2, -0.15) is 0 Å². The lowest BCUT2D eigenvalue weighted by Crippen LogP contribution is -2.75. The Morgan fingerprint density at radius 1 is 1.18 bits per heavy atom. The standard InChI is InChI=1S/C21H34N2O5/c1-7-27-18-14-21(22,20(18,2)3)19(24)23(4)9-8-10-28-17-12-15(25-5)11-16(13-17)26-6/h11-13,18H,7-10,14,22H2,1-6H3. The van der Waals surface area contributed by atoms with Crippen LogP contribution < -0.4 is 19.9 Å². The zero-order valence-corrected chi connectivity index (χ0v) is 17.9. The number of carbonyl (C=O) groups excluding carboxylic acids is 1. The summed E-state index contributed by atoms with van der Waals surface area (Å²) in [6, 6.07) is 5.39. The summed E-state index contributed by atoms with van der Waals surface area (Å²) in [6.45, 7) is 7.62. The molecule has 7 heteroatoms. The number of carbonyl (C=O) groups is 1. The SMILES string of the molecule is CCOC1CC(N)(C(=O)N(C)CCCOc2cc(OC)cc(OC)c2)C1(C)C. The van der Waals surface area contributed by atoms with Crippen LogP contribution in [0.5, 0.6) is 17.2 Å². The highest BCUT2D eigenvalue weighted by Crippen LogP contribution is 2.50. The van der Waals surface area contributed by atoms with E-state index in [0.717, 1.165) is 0 Å². The number of rotatable bonds is 10. The maximum atomic E-state index is 12.9. The Balaban J connectivity index is 1.84. The molecule has 1 aliphatic rings. The van der Waals surface area contributed by atoms with Crippen LogP contribution in [0.2, 0.25) is 0 Å². The lowest BCUT2D eigenvalue weighted by atomic mass is 9.54. The third-order valence-electron chi connectivity index (χ3n) is 5.79. The second-order valence-corrected chi connectivity index (χ2v) is 7.82. The van der Waals surface area contributed by atoms with Crippen molar-refractivity contribution in [2.45, 2.75) is 45.3 Å². The third kappa shape index (κ3) is 4.36. The Kier molecular flexibility index (Phi) is 7.17. The topological polar surface area (TPSA) is 83.3 Å². The average Bonchev–Trinajstić information content (AvgIpc) is 2.69. The van der Waals surface area contributed by atoms with Gasteiger partial charge in [-0.05, 0) is 13.3 Å². The van der Waals surface area contributed by atoms with Gasteiger partial charge in [-0.1, -0.05) is 13.8 Å². The maximum absolute atomic E-state index is 12.9. The van der Waals surface area contributed by atoms with Crippen LogP contribution in [0.15, 0.2) is 18.2 Å². The largest absolute Gasteiger partial charge is 0.496 e. The molecule has 2 N–H and O–H groups in total. The molecule has 1 saturated carbocycles. The minimum atomic E-state index is -0.886. The average molecular weight is 395 g/mol. The highest BCUT2D eigenvalue weighted by atomic mass is 16.5. The molecule has 0 heterocycles. The van der Waals surface area contributed by atoms with Crippen molar-refractivity contribution in [3.05, 3.63) is 18.2 Å². The Morgan fingerprint density at radius 3 is 2.25 bits per heavy atom. The van der Waals surface area contributed by atoms with Gasteiger partial charge in [-0.15, -0.1) is 0 Å². The van der Waals surface area contributed by atoms with Gasteiger partial charge in [0.15, 0.2) is 0 Å². The number of ether oxygens (including phenoxy) is 4. The summed E-state index contributed by atoms with van der Waals surface area (Å²) in [7, 11) is 4.98. The molecule has 0 aliphatic heterocycles. The van der Waals surface area contributed by atoms with Gasteiger partial charge >= 0.3 is 0 Å². The van der Waals surface area contributed by atoms with E-state index < -0.39 is 5.54 Å². The van der Waals surface area contributed by atoms with Crippen LogP contribution in [0.4, 0.5) is 0 Å². The van der Waals surface area contributed by atoms with Crippen molar-refractivity contribution >= 4 is 5.91 Å². The van der Waals surface area contributed by atoms with E-state index >= 15 is 0 Å². The van der Waals surface area contributed by atoms with Crippen molar-refractivity contribution < 1.29 is 23.7 Å². The first kappa shape index (κ1) is 22.3. The van der Waals surface area contributed by atoms with E-state index in [4.69, 9.17) is 24.7 Å². The van der Waals surface area contributed by atoms with Crippen molar-refractivity contribution in [1.29, 1.82) is 0 Å². The molecule has 1 aliphatic carbocycles. The Bertz CT molecular complexity index is 657. The smallest absolute Gasteiger partial charge is 0.243 e. The molecule has 7 nitrogen and oxygen atoms in total. The fraction of sp³-hybridized carbons (Fsp3) is 0.667. The summed E-state index contributed by atoms with van der Waals surface area (Å²) in [6.07, 6.45) is 1.26. The molecule has 1 aromatic carbocycles. The lowest BCUT2D eigenvalue weighted by molar-refractivity contribution is -0.178. The summed E-state index contributed by atoms with van der Waals surface area (Å²) >= 11 is 0. The molecule has 158 valence electrons. The fourth-order valence-electron chi connectivity index (χ4n) is 3.60. The van der Waals surface area contributed by atoms with Gasteiger partial charge < -0.3 is 29.6 Å². The van der Waals surface area contributed by atoms with Gasteiger partial charge in [-0.25, -0.2) is 0 Å². The van der Waals surface area contributed by atoms with Crippen LogP contribution in [-0.2, 0) is 9.53 Å². The van der Waals surface area contributed by atoms with Crippen LogP contribution in [0.25, 0.3) is 0 Å². The molecular weight excluding hydrogens is 360 g/mol. The van der Waals surface area contributed by atoms with Gasteiger partial charge in [0.1, 0.15) is 22.8 Å². The van der Waals surface area contributed by atoms with Crippen LogP contribution in [0, 0.1) is 5.41 Å². The minimum absolute atomic E-state index is 0.0197. The van der Waals surface area contributed by atoms with Gasteiger partial charge in [0.2, 0.25) is 5.91 Å². The first-order chi connectivity index (χ1) is 13.2. The second kappa shape index (κ2) is 9.01. The van der Waals surface area contributed by atoms with E-state index in [1.165, 1.54) is 0 Å². The summed E-state index contributed by atoms with van der Waals surface area (Å²) in [4.78, 5) is 14.6. The van der Waals surface area contributed by atoms with Crippen molar-refractivity contribution in [2.24, 2.45) is 11.1 Å². The molecule has 1 fully saturated rings. The first-order valence-electron chi connectivity index (χ1n) is 9.71. The number of hydrogen-bond donors (Lipinski definition) is 1. The monoisotopic (exact) mass is 394 g/mol. The molecule has 1 aromatic rings. The number of nitrogens with two attached hydrogens (primary N) is 1. The number of amides is 1. The van der Waals surface area contributed by atoms with Gasteiger partial charge in [0.05, 0.1) is 26.9 Å². The van der Waals surface area contributed by atoms with Crippen LogP contribution in [0.3, 0.4) is 0 Å². The molecule has 1 amide bonds. The van der Waals surface area contributed by atoms with Crippen molar-refractivity contribution in [3.8, 4) is 17.2 Å². The third-order valence-corrected chi connectivity index (χ3v) is 5.79. The molecule has 28 heavy (non-hydrogen) atoms.